The van der Waals surface area contributed by atoms with Gasteiger partial charge in [0.25, 0.3) is 0 Å². The van der Waals surface area contributed by atoms with Crippen LogP contribution >= 0.6 is 0 Å². The van der Waals surface area contributed by atoms with Crippen LogP contribution < -0.4 is 27.0 Å². The SMILES string of the molecule is CN(C)c1nc(N)nc(N(CC(N)=O)CC(N)=O)n1. The van der Waals surface area contributed by atoms with E-state index in [1.165, 1.54) is 4.90 Å². The predicted octanol–water partition coefficient (Wildman–Crippen LogP) is -2.70. The van der Waals surface area contributed by atoms with Gasteiger partial charge in [0.15, 0.2) is 0 Å². The second kappa shape index (κ2) is 5.80. The third kappa shape index (κ3) is 4.26. The largest absolute Gasteiger partial charge is 0.368 e. The molecule has 19 heavy (non-hydrogen) atoms. The van der Waals surface area contributed by atoms with Crippen LogP contribution in [-0.4, -0.2) is 54.0 Å². The number of nitrogens with zero attached hydrogens (tertiary/aromatic N) is 5. The van der Waals surface area contributed by atoms with Crippen molar-refractivity contribution in [3.63, 3.8) is 0 Å². The second-order valence-electron chi connectivity index (χ2n) is 3.98. The van der Waals surface area contributed by atoms with E-state index >= 15 is 0 Å². The first-order valence-corrected chi connectivity index (χ1v) is 5.30. The summed E-state index contributed by atoms with van der Waals surface area (Å²) in [6.07, 6.45) is 0. The number of primary amides is 2. The Labute approximate surface area is 109 Å². The topological polar surface area (TPSA) is 157 Å². The molecule has 1 heterocycles. The van der Waals surface area contributed by atoms with Crippen molar-refractivity contribution in [2.24, 2.45) is 11.5 Å². The number of anilines is 3. The Morgan fingerprint density at radius 2 is 1.47 bits per heavy atom. The van der Waals surface area contributed by atoms with Gasteiger partial charge >= 0.3 is 0 Å². The zero-order valence-corrected chi connectivity index (χ0v) is 10.7. The summed E-state index contributed by atoms with van der Waals surface area (Å²) in [6.45, 7) is -0.501. The Morgan fingerprint density at radius 1 is 1.00 bits per heavy atom. The van der Waals surface area contributed by atoms with Gasteiger partial charge in [0, 0.05) is 14.1 Å². The van der Waals surface area contributed by atoms with Crippen molar-refractivity contribution in [2.45, 2.75) is 0 Å². The van der Waals surface area contributed by atoms with Gasteiger partial charge in [-0.15, -0.1) is 0 Å². The van der Waals surface area contributed by atoms with Crippen LogP contribution in [0.1, 0.15) is 0 Å². The lowest BCUT2D eigenvalue weighted by molar-refractivity contribution is -0.117. The molecule has 1 aromatic rings. The third-order valence-electron chi connectivity index (χ3n) is 2.01. The van der Waals surface area contributed by atoms with Crippen molar-refractivity contribution in [3.8, 4) is 0 Å². The van der Waals surface area contributed by atoms with E-state index in [0.29, 0.717) is 5.95 Å². The number of rotatable bonds is 6. The highest BCUT2D eigenvalue weighted by molar-refractivity contribution is 5.84. The molecule has 0 atom stereocenters. The molecule has 0 aromatic carbocycles. The molecule has 1 aromatic heterocycles. The van der Waals surface area contributed by atoms with E-state index in [-0.39, 0.29) is 25.0 Å². The van der Waals surface area contributed by atoms with Crippen molar-refractivity contribution in [3.05, 3.63) is 0 Å². The maximum absolute atomic E-state index is 11.0. The summed E-state index contributed by atoms with van der Waals surface area (Å²) in [6, 6.07) is 0. The molecular formula is C9H16N8O2. The lowest BCUT2D eigenvalue weighted by Gasteiger charge is -2.20. The van der Waals surface area contributed by atoms with Crippen molar-refractivity contribution >= 4 is 29.7 Å². The minimum Gasteiger partial charge on any atom is -0.368 e. The molecule has 0 aliphatic carbocycles. The maximum atomic E-state index is 11.0. The Morgan fingerprint density at radius 3 is 1.89 bits per heavy atom. The highest BCUT2D eigenvalue weighted by Crippen LogP contribution is 2.13. The van der Waals surface area contributed by atoms with Crippen LogP contribution in [0.2, 0.25) is 0 Å². The van der Waals surface area contributed by atoms with Gasteiger partial charge < -0.3 is 27.0 Å². The van der Waals surface area contributed by atoms with Gasteiger partial charge in [-0.1, -0.05) is 0 Å². The van der Waals surface area contributed by atoms with Crippen LogP contribution in [0.4, 0.5) is 17.8 Å². The minimum atomic E-state index is -0.647. The molecular weight excluding hydrogens is 252 g/mol. The number of aromatic nitrogens is 3. The van der Waals surface area contributed by atoms with Crippen LogP contribution in [0.25, 0.3) is 0 Å². The summed E-state index contributed by atoms with van der Waals surface area (Å²) in [5, 5.41) is 0. The first-order valence-electron chi connectivity index (χ1n) is 5.30. The number of hydrogen-bond acceptors (Lipinski definition) is 8. The fourth-order valence-corrected chi connectivity index (χ4v) is 1.28. The summed E-state index contributed by atoms with van der Waals surface area (Å²) in [5.74, 6) is -0.971. The second-order valence-corrected chi connectivity index (χ2v) is 3.98. The standard InChI is InChI=1S/C9H16N8O2/c1-16(2)8-13-7(12)14-9(15-8)17(3-5(10)18)4-6(11)19/h3-4H2,1-2H3,(H2,10,18)(H2,11,19)(H2,12,13,14,15). The molecule has 0 unspecified atom stereocenters. The molecule has 0 fully saturated rings. The number of nitrogens with two attached hydrogens (primary N) is 3. The Kier molecular flexibility index (Phi) is 4.40. The van der Waals surface area contributed by atoms with E-state index in [1.54, 1.807) is 19.0 Å². The van der Waals surface area contributed by atoms with Gasteiger partial charge in [-0.3, -0.25) is 9.59 Å². The van der Waals surface area contributed by atoms with Crippen molar-refractivity contribution in [1.82, 2.24) is 15.0 Å². The van der Waals surface area contributed by atoms with Crippen LogP contribution in [-0.2, 0) is 9.59 Å². The predicted molar refractivity (Wildman–Crippen MR) is 69.2 cm³/mol. The smallest absolute Gasteiger partial charge is 0.237 e. The molecule has 0 radical (unpaired) electrons. The zero-order valence-electron chi connectivity index (χ0n) is 10.7. The van der Waals surface area contributed by atoms with Crippen LogP contribution in [0.3, 0.4) is 0 Å². The van der Waals surface area contributed by atoms with E-state index in [4.69, 9.17) is 17.2 Å². The van der Waals surface area contributed by atoms with Gasteiger partial charge in [0.05, 0.1) is 0 Å². The maximum Gasteiger partial charge on any atom is 0.237 e. The van der Waals surface area contributed by atoms with Crippen LogP contribution in [0.5, 0.6) is 0 Å². The molecule has 10 nitrogen and oxygen atoms in total. The summed E-state index contributed by atoms with van der Waals surface area (Å²) in [4.78, 5) is 36.6. The van der Waals surface area contributed by atoms with Crippen LogP contribution in [0.15, 0.2) is 0 Å². The Balaban J connectivity index is 3.13. The molecule has 2 amide bonds. The number of nitrogen functional groups attached to an aromatic ring is 1. The van der Waals surface area contributed by atoms with E-state index in [9.17, 15) is 9.59 Å². The minimum absolute atomic E-state index is 0.0346. The summed E-state index contributed by atoms with van der Waals surface area (Å²) < 4.78 is 0. The van der Waals surface area contributed by atoms with E-state index < -0.39 is 11.8 Å². The average molecular weight is 268 g/mol. The van der Waals surface area contributed by atoms with E-state index in [1.807, 2.05) is 0 Å². The fourth-order valence-electron chi connectivity index (χ4n) is 1.28. The molecule has 0 saturated heterocycles. The highest BCUT2D eigenvalue weighted by Gasteiger charge is 2.17. The molecule has 10 heteroatoms. The van der Waals surface area contributed by atoms with E-state index in [2.05, 4.69) is 15.0 Å². The van der Waals surface area contributed by atoms with Gasteiger partial charge in [0.2, 0.25) is 29.7 Å². The molecule has 0 aliphatic rings. The van der Waals surface area contributed by atoms with Crippen molar-refractivity contribution in [2.75, 3.05) is 42.7 Å². The molecule has 104 valence electrons. The van der Waals surface area contributed by atoms with Crippen molar-refractivity contribution < 1.29 is 9.59 Å². The highest BCUT2D eigenvalue weighted by atomic mass is 16.2. The molecule has 0 spiro atoms. The van der Waals surface area contributed by atoms with Gasteiger partial charge in [-0.25, -0.2) is 0 Å². The Hall–Kier alpha value is -2.65. The first-order chi connectivity index (χ1) is 8.79. The van der Waals surface area contributed by atoms with Gasteiger partial charge in [-0.2, -0.15) is 15.0 Å². The molecule has 0 bridgehead atoms. The first kappa shape index (κ1) is 14.4. The fraction of sp³-hybridized carbons (Fsp3) is 0.444. The van der Waals surface area contributed by atoms with Crippen LogP contribution in [0, 0.1) is 0 Å². The normalized spacial score (nSPS) is 10.0. The molecule has 1 rings (SSSR count). The lowest BCUT2D eigenvalue weighted by atomic mass is 10.4. The summed E-state index contributed by atoms with van der Waals surface area (Å²) in [5.41, 5.74) is 15.7. The summed E-state index contributed by atoms with van der Waals surface area (Å²) in [7, 11) is 3.43. The lowest BCUT2D eigenvalue weighted by Crippen LogP contribution is -2.41. The number of carbonyl (C=O) groups is 2. The molecule has 0 saturated carbocycles. The number of carbonyl (C=O) groups excluding carboxylic acids is 2. The van der Waals surface area contributed by atoms with E-state index in [0.717, 1.165) is 0 Å². The average Bonchev–Trinajstić information content (AvgIpc) is 2.25. The number of amides is 2. The molecule has 6 N–H and O–H groups in total. The molecule has 0 aliphatic heterocycles. The summed E-state index contributed by atoms with van der Waals surface area (Å²) >= 11 is 0. The monoisotopic (exact) mass is 268 g/mol. The number of hydrogen-bond donors (Lipinski definition) is 3. The third-order valence-corrected chi connectivity index (χ3v) is 2.01. The Bertz CT molecular complexity index is 473. The van der Waals surface area contributed by atoms with Gasteiger partial charge in [0.1, 0.15) is 13.1 Å². The zero-order chi connectivity index (χ0) is 14.6. The van der Waals surface area contributed by atoms with Crippen molar-refractivity contribution in [1.29, 1.82) is 0 Å². The van der Waals surface area contributed by atoms with Gasteiger partial charge in [-0.05, 0) is 0 Å². The quantitative estimate of drug-likeness (QED) is 0.502.